The Labute approximate surface area is 167 Å². The van der Waals surface area contributed by atoms with E-state index in [0.29, 0.717) is 0 Å². The van der Waals surface area contributed by atoms with Crippen molar-refractivity contribution in [3.63, 3.8) is 0 Å². The standard InChI is InChI=1S/C23H29N3O2/c1-28-19-13-11-18(12-14-19)21-10-7-17-26(21)23(27)24-20-8-3-4-9-22(20)25-15-5-2-6-16-25/h3-4,8-9,11-14,21H,2,5-7,10,15-17H2,1H3,(H,24,27). The Balaban J connectivity index is 1.50. The molecule has 4 rings (SSSR count). The van der Waals surface area contributed by atoms with Crippen LogP contribution in [0.15, 0.2) is 48.5 Å². The highest BCUT2D eigenvalue weighted by Gasteiger charge is 2.30. The van der Waals surface area contributed by atoms with Gasteiger partial charge in [0.05, 0.1) is 24.5 Å². The molecule has 2 aliphatic rings. The molecular weight excluding hydrogens is 350 g/mol. The molecule has 2 aromatic rings. The molecule has 0 bridgehead atoms. The average molecular weight is 380 g/mol. The molecular formula is C23H29N3O2. The molecule has 2 aliphatic heterocycles. The maximum absolute atomic E-state index is 13.1. The van der Waals surface area contributed by atoms with Gasteiger partial charge in [0.1, 0.15) is 5.75 Å². The van der Waals surface area contributed by atoms with Crippen molar-refractivity contribution in [2.45, 2.75) is 38.1 Å². The Morgan fingerprint density at radius 1 is 0.964 bits per heavy atom. The summed E-state index contributed by atoms with van der Waals surface area (Å²) in [6.07, 6.45) is 5.75. The smallest absolute Gasteiger partial charge is 0.322 e. The van der Waals surface area contributed by atoms with Gasteiger partial charge in [0.2, 0.25) is 0 Å². The molecule has 0 saturated carbocycles. The summed E-state index contributed by atoms with van der Waals surface area (Å²) < 4.78 is 5.26. The average Bonchev–Trinajstić information content (AvgIpc) is 3.25. The van der Waals surface area contributed by atoms with Gasteiger partial charge in [-0.25, -0.2) is 4.79 Å². The number of carbonyl (C=O) groups is 1. The second-order valence-corrected chi connectivity index (χ2v) is 7.62. The lowest BCUT2D eigenvalue weighted by molar-refractivity contribution is 0.207. The van der Waals surface area contributed by atoms with E-state index < -0.39 is 0 Å². The van der Waals surface area contributed by atoms with Crippen LogP contribution in [0.2, 0.25) is 0 Å². The zero-order chi connectivity index (χ0) is 19.3. The molecule has 0 aliphatic carbocycles. The highest BCUT2D eigenvalue weighted by molar-refractivity contribution is 5.93. The van der Waals surface area contributed by atoms with Crippen LogP contribution in [0.25, 0.3) is 0 Å². The fourth-order valence-corrected chi connectivity index (χ4v) is 4.36. The van der Waals surface area contributed by atoms with E-state index >= 15 is 0 Å². The van der Waals surface area contributed by atoms with Gasteiger partial charge >= 0.3 is 6.03 Å². The number of benzene rings is 2. The highest BCUT2D eigenvalue weighted by Crippen LogP contribution is 2.34. The van der Waals surface area contributed by atoms with Gasteiger partial charge in [0.15, 0.2) is 0 Å². The summed E-state index contributed by atoms with van der Waals surface area (Å²) in [4.78, 5) is 17.5. The molecule has 2 amide bonds. The van der Waals surface area contributed by atoms with Crippen molar-refractivity contribution >= 4 is 17.4 Å². The number of urea groups is 1. The molecule has 5 heteroatoms. The summed E-state index contributed by atoms with van der Waals surface area (Å²) in [5.74, 6) is 0.841. The van der Waals surface area contributed by atoms with Gasteiger partial charge in [-0.2, -0.15) is 0 Å². The number of nitrogens with zero attached hydrogens (tertiary/aromatic N) is 2. The van der Waals surface area contributed by atoms with E-state index in [4.69, 9.17) is 4.74 Å². The first-order chi connectivity index (χ1) is 13.8. The fraction of sp³-hybridized carbons (Fsp3) is 0.435. The van der Waals surface area contributed by atoms with E-state index in [2.05, 4.69) is 34.5 Å². The fourth-order valence-electron chi connectivity index (χ4n) is 4.36. The molecule has 28 heavy (non-hydrogen) atoms. The molecule has 2 aromatic carbocycles. The first-order valence-corrected chi connectivity index (χ1v) is 10.3. The Morgan fingerprint density at radius 2 is 1.71 bits per heavy atom. The Morgan fingerprint density at radius 3 is 2.46 bits per heavy atom. The topological polar surface area (TPSA) is 44.8 Å². The number of anilines is 2. The normalized spacial score (nSPS) is 19.5. The molecule has 1 unspecified atom stereocenters. The SMILES string of the molecule is COc1ccc(C2CCCN2C(=O)Nc2ccccc2N2CCCCC2)cc1. The number of carbonyl (C=O) groups excluding carboxylic acids is 1. The summed E-state index contributed by atoms with van der Waals surface area (Å²) >= 11 is 0. The monoisotopic (exact) mass is 379 g/mol. The van der Waals surface area contributed by atoms with Crippen molar-refractivity contribution in [1.29, 1.82) is 0 Å². The van der Waals surface area contributed by atoms with Crippen molar-refractivity contribution < 1.29 is 9.53 Å². The number of rotatable bonds is 4. The summed E-state index contributed by atoms with van der Waals surface area (Å²) in [5, 5.41) is 3.19. The van der Waals surface area contributed by atoms with Gasteiger partial charge in [-0.1, -0.05) is 24.3 Å². The van der Waals surface area contributed by atoms with Crippen LogP contribution in [0.4, 0.5) is 16.2 Å². The first kappa shape index (κ1) is 18.7. The molecule has 1 atom stereocenters. The van der Waals surface area contributed by atoms with Crippen molar-refractivity contribution in [3.8, 4) is 5.75 Å². The summed E-state index contributed by atoms with van der Waals surface area (Å²) in [5.41, 5.74) is 3.21. The molecule has 5 nitrogen and oxygen atoms in total. The van der Waals surface area contributed by atoms with Crippen molar-refractivity contribution in [2.75, 3.05) is 37.0 Å². The Bertz CT molecular complexity index is 800. The van der Waals surface area contributed by atoms with Gasteiger partial charge in [-0.3, -0.25) is 0 Å². The van der Waals surface area contributed by atoms with E-state index in [-0.39, 0.29) is 12.1 Å². The molecule has 2 saturated heterocycles. The third-order valence-electron chi connectivity index (χ3n) is 5.86. The summed E-state index contributed by atoms with van der Waals surface area (Å²) in [7, 11) is 1.67. The number of hydrogen-bond acceptors (Lipinski definition) is 3. The van der Waals surface area contributed by atoms with E-state index in [1.807, 2.05) is 29.2 Å². The van der Waals surface area contributed by atoms with Crippen LogP contribution in [0.3, 0.4) is 0 Å². The lowest BCUT2D eigenvalue weighted by Crippen LogP contribution is -2.35. The minimum atomic E-state index is -0.0113. The molecule has 2 heterocycles. The lowest BCUT2D eigenvalue weighted by atomic mass is 10.0. The maximum atomic E-state index is 13.1. The number of hydrogen-bond donors (Lipinski definition) is 1. The van der Waals surface area contributed by atoms with Crippen LogP contribution in [-0.4, -0.2) is 37.7 Å². The number of nitrogens with one attached hydrogen (secondary N) is 1. The summed E-state index contributed by atoms with van der Waals surface area (Å²) in [6.45, 7) is 2.91. The zero-order valence-electron chi connectivity index (χ0n) is 16.6. The minimum Gasteiger partial charge on any atom is -0.497 e. The predicted octanol–water partition coefficient (Wildman–Crippen LogP) is 5.05. The van der Waals surface area contributed by atoms with Crippen molar-refractivity contribution in [2.24, 2.45) is 0 Å². The Hall–Kier alpha value is -2.69. The van der Waals surface area contributed by atoms with Gasteiger partial charge in [0.25, 0.3) is 0 Å². The Kier molecular flexibility index (Phi) is 5.70. The van der Waals surface area contributed by atoms with Gasteiger partial charge in [-0.15, -0.1) is 0 Å². The molecule has 2 fully saturated rings. The number of ether oxygens (including phenoxy) is 1. The number of piperidine rings is 1. The van der Waals surface area contributed by atoms with Crippen LogP contribution in [0.1, 0.15) is 43.7 Å². The third kappa shape index (κ3) is 3.93. The molecule has 1 N–H and O–H groups in total. The number of methoxy groups -OCH3 is 1. The summed E-state index contributed by atoms with van der Waals surface area (Å²) in [6, 6.07) is 16.4. The minimum absolute atomic E-state index is 0.0113. The van der Waals surface area contributed by atoms with Crippen LogP contribution >= 0.6 is 0 Å². The van der Waals surface area contributed by atoms with Gasteiger partial charge < -0.3 is 19.9 Å². The maximum Gasteiger partial charge on any atom is 0.322 e. The second-order valence-electron chi connectivity index (χ2n) is 7.62. The number of likely N-dealkylation sites (tertiary alicyclic amines) is 1. The predicted molar refractivity (Wildman–Crippen MR) is 113 cm³/mol. The van der Waals surface area contributed by atoms with Crippen LogP contribution in [-0.2, 0) is 0 Å². The molecule has 148 valence electrons. The van der Waals surface area contributed by atoms with E-state index in [0.717, 1.165) is 55.2 Å². The third-order valence-corrected chi connectivity index (χ3v) is 5.86. The zero-order valence-corrected chi connectivity index (χ0v) is 16.6. The van der Waals surface area contributed by atoms with Crippen LogP contribution in [0.5, 0.6) is 5.75 Å². The number of amides is 2. The molecule has 0 radical (unpaired) electrons. The van der Waals surface area contributed by atoms with Gasteiger partial charge in [-0.05, 0) is 61.9 Å². The van der Waals surface area contributed by atoms with E-state index in [1.54, 1.807) is 7.11 Å². The number of para-hydroxylation sites is 2. The van der Waals surface area contributed by atoms with Crippen LogP contribution in [0, 0.1) is 0 Å². The molecule has 0 aromatic heterocycles. The highest BCUT2D eigenvalue weighted by atomic mass is 16.5. The quantitative estimate of drug-likeness (QED) is 0.808. The van der Waals surface area contributed by atoms with E-state index in [1.165, 1.54) is 19.3 Å². The van der Waals surface area contributed by atoms with Crippen LogP contribution < -0.4 is 15.0 Å². The van der Waals surface area contributed by atoms with Crippen molar-refractivity contribution in [1.82, 2.24) is 4.90 Å². The second kappa shape index (κ2) is 8.55. The first-order valence-electron chi connectivity index (χ1n) is 10.3. The van der Waals surface area contributed by atoms with Gasteiger partial charge in [0, 0.05) is 19.6 Å². The molecule has 0 spiro atoms. The van der Waals surface area contributed by atoms with E-state index in [9.17, 15) is 4.79 Å². The largest absolute Gasteiger partial charge is 0.497 e. The van der Waals surface area contributed by atoms with Crippen molar-refractivity contribution in [3.05, 3.63) is 54.1 Å². The lowest BCUT2D eigenvalue weighted by Gasteiger charge is -2.31.